The van der Waals surface area contributed by atoms with Crippen molar-refractivity contribution in [1.29, 1.82) is 0 Å². The summed E-state index contributed by atoms with van der Waals surface area (Å²) in [6, 6.07) is 19.8. The third kappa shape index (κ3) is 7.37. The second-order valence-electron chi connectivity index (χ2n) is 12.4. The van der Waals surface area contributed by atoms with Gasteiger partial charge < -0.3 is 25.4 Å². The molecule has 0 saturated carbocycles. The molecule has 11 heteroatoms. The number of nitrogens with zero attached hydrogens (tertiary/aromatic N) is 4. The van der Waals surface area contributed by atoms with Gasteiger partial charge in [0.05, 0.1) is 30.9 Å². The number of aryl methyl sites for hydroxylation is 2. The lowest BCUT2D eigenvalue weighted by atomic mass is 9.99. The van der Waals surface area contributed by atoms with Gasteiger partial charge in [-0.3, -0.25) is 14.4 Å². The van der Waals surface area contributed by atoms with Crippen LogP contribution in [-0.2, 0) is 30.8 Å². The number of carbonyl (C=O) groups excluding carboxylic acids is 3. The number of aromatic nitrogens is 3. The Labute approximate surface area is 291 Å². The Bertz CT molecular complexity index is 2030. The van der Waals surface area contributed by atoms with Gasteiger partial charge in [-0.15, -0.1) is 0 Å². The van der Waals surface area contributed by atoms with Crippen molar-refractivity contribution in [3.05, 3.63) is 106 Å². The van der Waals surface area contributed by atoms with Crippen LogP contribution in [0, 0.1) is 0 Å². The molecule has 0 aliphatic carbocycles. The van der Waals surface area contributed by atoms with Crippen LogP contribution in [0.4, 0.5) is 5.69 Å². The molecule has 0 spiro atoms. The van der Waals surface area contributed by atoms with E-state index in [0.717, 1.165) is 63.8 Å². The van der Waals surface area contributed by atoms with Crippen LogP contribution in [0.2, 0.25) is 0 Å². The fourth-order valence-corrected chi connectivity index (χ4v) is 6.51. The summed E-state index contributed by atoms with van der Waals surface area (Å²) in [7, 11) is 1.60. The standard InChI is InChI=1S/C39H42N6O5/c1-4-35-34(36(42-31-12-14-50-15-13-31)33-21-41-45(5-2)38(33)43-35)23-44(39(48)29-11-7-10-28(19-29)37(40)47)22-26-17-30(20-32(18-26)49-3)27-9-6-8-25(16-27)24-46/h6-11,16-21,24,31H,4-5,12-15,22-23H2,1-3H3,(H2,40,47)(H,42,43). The van der Waals surface area contributed by atoms with Gasteiger partial charge in [-0.25, -0.2) is 9.67 Å². The molecule has 0 atom stereocenters. The number of aldehydes is 1. The van der Waals surface area contributed by atoms with E-state index in [1.165, 1.54) is 6.07 Å². The minimum Gasteiger partial charge on any atom is -0.497 e. The largest absolute Gasteiger partial charge is 0.497 e. The van der Waals surface area contributed by atoms with Crippen molar-refractivity contribution in [2.75, 3.05) is 25.6 Å². The molecule has 0 bridgehead atoms. The van der Waals surface area contributed by atoms with Gasteiger partial charge in [-0.05, 0) is 85.3 Å². The van der Waals surface area contributed by atoms with E-state index in [2.05, 4.69) is 17.3 Å². The second-order valence-corrected chi connectivity index (χ2v) is 12.4. The number of rotatable bonds is 13. The van der Waals surface area contributed by atoms with Gasteiger partial charge in [-0.1, -0.05) is 31.2 Å². The van der Waals surface area contributed by atoms with Crippen molar-refractivity contribution < 1.29 is 23.9 Å². The Balaban J connectivity index is 1.48. The summed E-state index contributed by atoms with van der Waals surface area (Å²) in [5.41, 5.74) is 12.8. The van der Waals surface area contributed by atoms with Crippen LogP contribution in [0.3, 0.4) is 0 Å². The highest BCUT2D eigenvalue weighted by atomic mass is 16.5. The van der Waals surface area contributed by atoms with Crippen LogP contribution < -0.4 is 15.8 Å². The number of primary amides is 1. The zero-order valence-electron chi connectivity index (χ0n) is 28.6. The lowest BCUT2D eigenvalue weighted by Gasteiger charge is -2.29. The van der Waals surface area contributed by atoms with E-state index in [1.807, 2.05) is 54.2 Å². The normalized spacial score (nSPS) is 13.3. The van der Waals surface area contributed by atoms with E-state index in [4.69, 9.17) is 20.2 Å². The Kier molecular flexibility index (Phi) is 10.5. The van der Waals surface area contributed by atoms with Crippen molar-refractivity contribution in [2.24, 2.45) is 5.73 Å². The first-order chi connectivity index (χ1) is 24.3. The van der Waals surface area contributed by atoms with Gasteiger partial charge in [-0.2, -0.15) is 5.10 Å². The van der Waals surface area contributed by atoms with Crippen molar-refractivity contribution >= 4 is 34.8 Å². The average molecular weight is 675 g/mol. The maximum absolute atomic E-state index is 14.6. The number of methoxy groups -OCH3 is 1. The summed E-state index contributed by atoms with van der Waals surface area (Å²) in [5.74, 6) is -0.271. The van der Waals surface area contributed by atoms with E-state index in [0.29, 0.717) is 43.1 Å². The number of nitrogens with two attached hydrogens (primary N) is 1. The third-order valence-corrected chi connectivity index (χ3v) is 9.14. The number of pyridine rings is 1. The number of hydrogen-bond acceptors (Lipinski definition) is 8. The molecule has 11 nitrogen and oxygen atoms in total. The number of carbonyl (C=O) groups is 3. The van der Waals surface area contributed by atoms with Gasteiger partial charge in [0, 0.05) is 60.3 Å². The molecule has 1 aliphatic rings. The smallest absolute Gasteiger partial charge is 0.254 e. The Morgan fingerprint density at radius 1 is 1.02 bits per heavy atom. The number of hydrogen-bond donors (Lipinski definition) is 2. The number of benzene rings is 3. The maximum atomic E-state index is 14.6. The van der Waals surface area contributed by atoms with E-state index in [9.17, 15) is 14.4 Å². The van der Waals surface area contributed by atoms with Gasteiger partial charge >= 0.3 is 0 Å². The lowest BCUT2D eigenvalue weighted by Crippen LogP contribution is -2.33. The molecular formula is C39H42N6O5. The topological polar surface area (TPSA) is 142 Å². The average Bonchev–Trinajstić information content (AvgIpc) is 3.58. The maximum Gasteiger partial charge on any atom is 0.254 e. The fourth-order valence-electron chi connectivity index (χ4n) is 6.51. The molecule has 2 amide bonds. The molecular weight excluding hydrogens is 632 g/mol. The minimum absolute atomic E-state index is 0.183. The molecule has 3 N–H and O–H groups in total. The van der Waals surface area contributed by atoms with Crippen LogP contribution in [0.1, 0.15) is 74.6 Å². The lowest BCUT2D eigenvalue weighted by molar-refractivity contribution is 0.0729. The summed E-state index contributed by atoms with van der Waals surface area (Å²) < 4.78 is 13.2. The third-order valence-electron chi connectivity index (χ3n) is 9.14. The van der Waals surface area contributed by atoms with Gasteiger partial charge in [0.2, 0.25) is 5.91 Å². The Morgan fingerprint density at radius 2 is 1.80 bits per heavy atom. The van der Waals surface area contributed by atoms with Crippen molar-refractivity contribution in [3.8, 4) is 16.9 Å². The highest BCUT2D eigenvalue weighted by Crippen LogP contribution is 2.34. The monoisotopic (exact) mass is 674 g/mol. The van der Waals surface area contributed by atoms with Crippen LogP contribution in [0.5, 0.6) is 5.75 Å². The van der Waals surface area contributed by atoms with E-state index in [-0.39, 0.29) is 30.6 Å². The molecule has 50 heavy (non-hydrogen) atoms. The number of ether oxygens (including phenoxy) is 2. The molecule has 2 aromatic heterocycles. The first-order valence-electron chi connectivity index (χ1n) is 17.0. The highest BCUT2D eigenvalue weighted by molar-refractivity contribution is 5.99. The van der Waals surface area contributed by atoms with Crippen LogP contribution in [-0.4, -0.2) is 64.1 Å². The molecule has 6 rings (SSSR count). The van der Waals surface area contributed by atoms with E-state index < -0.39 is 5.91 Å². The van der Waals surface area contributed by atoms with Gasteiger partial charge in [0.15, 0.2) is 5.65 Å². The molecule has 258 valence electrons. The number of nitrogens with one attached hydrogen (secondary N) is 1. The van der Waals surface area contributed by atoms with E-state index >= 15 is 0 Å². The van der Waals surface area contributed by atoms with Gasteiger partial charge in [0.1, 0.15) is 12.0 Å². The highest BCUT2D eigenvalue weighted by Gasteiger charge is 2.26. The summed E-state index contributed by atoms with van der Waals surface area (Å²) in [6.07, 6.45) is 5.01. The number of anilines is 1. The predicted molar refractivity (Wildman–Crippen MR) is 192 cm³/mol. The number of fused-ring (bicyclic) bond motifs is 1. The van der Waals surface area contributed by atoms with Crippen LogP contribution in [0.15, 0.2) is 72.9 Å². The molecule has 1 saturated heterocycles. The molecule has 3 heterocycles. The Morgan fingerprint density at radius 3 is 2.52 bits per heavy atom. The van der Waals surface area contributed by atoms with Crippen LogP contribution >= 0.6 is 0 Å². The van der Waals surface area contributed by atoms with E-state index in [1.54, 1.807) is 36.3 Å². The molecule has 3 aromatic carbocycles. The summed E-state index contributed by atoms with van der Waals surface area (Å²) in [4.78, 5) is 45.1. The molecule has 1 fully saturated rings. The minimum atomic E-state index is -0.611. The molecule has 1 aliphatic heterocycles. The Hall–Kier alpha value is -5.55. The first kappa shape index (κ1) is 34.3. The summed E-state index contributed by atoms with van der Waals surface area (Å²) in [6.45, 7) is 6.55. The summed E-state index contributed by atoms with van der Waals surface area (Å²) in [5, 5.41) is 9.35. The van der Waals surface area contributed by atoms with Crippen molar-refractivity contribution in [1.82, 2.24) is 19.7 Å². The summed E-state index contributed by atoms with van der Waals surface area (Å²) >= 11 is 0. The molecule has 0 radical (unpaired) electrons. The first-order valence-corrected chi connectivity index (χ1v) is 17.0. The second kappa shape index (κ2) is 15.3. The SMILES string of the molecule is CCc1nc2c(cnn2CC)c(NC2CCOCC2)c1CN(Cc1cc(OC)cc(-c2cccc(C=O)c2)c1)C(=O)c1cccc(C(N)=O)c1. The molecule has 5 aromatic rings. The fraction of sp³-hybridized carbons (Fsp3) is 0.308. The number of amides is 2. The zero-order valence-corrected chi connectivity index (χ0v) is 28.6. The molecule has 0 unspecified atom stereocenters. The zero-order chi connectivity index (χ0) is 35.2. The van der Waals surface area contributed by atoms with Gasteiger partial charge in [0.25, 0.3) is 5.91 Å². The van der Waals surface area contributed by atoms with Crippen LogP contribution in [0.25, 0.3) is 22.2 Å². The predicted octanol–water partition coefficient (Wildman–Crippen LogP) is 6.03. The van der Waals surface area contributed by atoms with Crippen molar-refractivity contribution in [2.45, 2.75) is 58.8 Å². The van der Waals surface area contributed by atoms with Crippen molar-refractivity contribution in [3.63, 3.8) is 0 Å². The quantitative estimate of drug-likeness (QED) is 0.144.